The predicted molar refractivity (Wildman–Crippen MR) is 129 cm³/mol. The lowest BCUT2D eigenvalue weighted by Crippen LogP contribution is -1.96. The molecule has 0 aliphatic rings. The van der Waals surface area contributed by atoms with E-state index < -0.39 is 0 Å². The van der Waals surface area contributed by atoms with Gasteiger partial charge in [-0.1, -0.05) is 48.5 Å². The summed E-state index contributed by atoms with van der Waals surface area (Å²) in [5, 5.41) is 20.4. The quantitative estimate of drug-likeness (QED) is 0.269. The first-order chi connectivity index (χ1) is 16.1. The molecule has 0 atom stereocenters. The Morgan fingerprint density at radius 3 is 2.45 bits per heavy atom. The standard InChI is InChI=1S/C27H20N2O3S/c1-32-22-10-8-19(9-11-22)23-14-25(20-5-3-2-4-6-20)29-27(24(23)15-28)33-17-18-7-12-26(31)21(13-18)16-30/h2-14,16,31H,17H2,1H3. The van der Waals surface area contributed by atoms with Crippen LogP contribution >= 0.6 is 11.8 Å². The van der Waals surface area contributed by atoms with E-state index in [1.807, 2.05) is 60.7 Å². The van der Waals surface area contributed by atoms with Crippen LogP contribution in [0.15, 0.2) is 83.9 Å². The molecule has 33 heavy (non-hydrogen) atoms. The Labute approximate surface area is 196 Å². The number of aromatic hydroxyl groups is 1. The summed E-state index contributed by atoms with van der Waals surface area (Å²) in [7, 11) is 1.61. The molecular formula is C27H20N2O3S. The van der Waals surface area contributed by atoms with Crippen LogP contribution in [0.3, 0.4) is 0 Å². The van der Waals surface area contributed by atoms with Gasteiger partial charge in [0.15, 0.2) is 6.29 Å². The highest BCUT2D eigenvalue weighted by Crippen LogP contribution is 2.36. The van der Waals surface area contributed by atoms with Crippen molar-refractivity contribution in [3.63, 3.8) is 0 Å². The number of phenolic OH excluding ortho intramolecular Hbond substituents is 1. The molecule has 1 heterocycles. The van der Waals surface area contributed by atoms with E-state index in [0.717, 1.165) is 33.7 Å². The fourth-order valence-electron chi connectivity index (χ4n) is 3.43. The number of benzene rings is 3. The molecule has 1 aromatic heterocycles. The molecule has 0 aliphatic carbocycles. The van der Waals surface area contributed by atoms with Gasteiger partial charge in [0, 0.05) is 16.9 Å². The number of pyridine rings is 1. The first-order valence-electron chi connectivity index (χ1n) is 10.2. The third kappa shape index (κ3) is 4.89. The van der Waals surface area contributed by atoms with E-state index in [1.54, 1.807) is 19.2 Å². The summed E-state index contributed by atoms with van der Waals surface area (Å²) in [6.07, 6.45) is 0.625. The van der Waals surface area contributed by atoms with Crippen LogP contribution in [0.1, 0.15) is 21.5 Å². The molecule has 0 radical (unpaired) electrons. The Morgan fingerprint density at radius 2 is 1.79 bits per heavy atom. The van der Waals surface area contributed by atoms with Crippen LogP contribution in [0.2, 0.25) is 0 Å². The number of nitriles is 1. The van der Waals surface area contributed by atoms with Crippen LogP contribution in [0, 0.1) is 11.3 Å². The number of phenols is 1. The minimum absolute atomic E-state index is 0.0533. The SMILES string of the molecule is COc1ccc(-c2cc(-c3ccccc3)nc(SCc3ccc(O)c(C=O)c3)c2C#N)cc1. The Kier molecular flexibility index (Phi) is 6.72. The molecule has 1 N–H and O–H groups in total. The number of carbonyl (C=O) groups excluding carboxylic acids is 1. The molecule has 0 bridgehead atoms. The maximum absolute atomic E-state index is 11.2. The molecule has 0 fully saturated rings. The smallest absolute Gasteiger partial charge is 0.153 e. The third-order valence-corrected chi connectivity index (χ3v) is 6.21. The Balaban J connectivity index is 1.79. The first kappa shape index (κ1) is 22.1. The molecular weight excluding hydrogens is 432 g/mol. The second-order valence-electron chi connectivity index (χ2n) is 7.24. The largest absolute Gasteiger partial charge is 0.507 e. The van der Waals surface area contributed by atoms with Crippen molar-refractivity contribution >= 4 is 18.0 Å². The van der Waals surface area contributed by atoms with Crippen molar-refractivity contribution in [2.75, 3.05) is 7.11 Å². The Hall–Kier alpha value is -4.08. The number of ether oxygens (including phenoxy) is 1. The number of methoxy groups -OCH3 is 1. The molecule has 0 spiro atoms. The molecule has 0 amide bonds. The Bertz CT molecular complexity index is 1330. The normalized spacial score (nSPS) is 10.4. The van der Waals surface area contributed by atoms with E-state index in [0.29, 0.717) is 22.6 Å². The average Bonchev–Trinajstić information content (AvgIpc) is 2.88. The predicted octanol–water partition coefficient (Wildman–Crippen LogP) is 6.11. The molecule has 4 aromatic rings. The van der Waals surface area contributed by atoms with Crippen LogP contribution in [-0.2, 0) is 5.75 Å². The lowest BCUT2D eigenvalue weighted by atomic mass is 9.99. The molecule has 5 nitrogen and oxygen atoms in total. The van der Waals surface area contributed by atoms with E-state index >= 15 is 0 Å². The van der Waals surface area contributed by atoms with Gasteiger partial charge in [-0.3, -0.25) is 4.79 Å². The van der Waals surface area contributed by atoms with Gasteiger partial charge in [0.05, 0.1) is 23.9 Å². The van der Waals surface area contributed by atoms with E-state index in [2.05, 4.69) is 6.07 Å². The summed E-state index contributed by atoms with van der Waals surface area (Å²) in [4.78, 5) is 16.0. The topological polar surface area (TPSA) is 83.2 Å². The minimum Gasteiger partial charge on any atom is -0.507 e. The van der Waals surface area contributed by atoms with Crippen molar-refractivity contribution in [1.82, 2.24) is 4.98 Å². The molecule has 0 unspecified atom stereocenters. The lowest BCUT2D eigenvalue weighted by molar-refractivity contribution is 0.112. The number of aromatic nitrogens is 1. The number of thioether (sulfide) groups is 1. The number of carbonyl (C=O) groups is 1. The second-order valence-corrected chi connectivity index (χ2v) is 8.21. The van der Waals surface area contributed by atoms with Crippen LogP contribution in [0.25, 0.3) is 22.4 Å². The summed E-state index contributed by atoms with van der Waals surface area (Å²) in [6.45, 7) is 0. The monoisotopic (exact) mass is 452 g/mol. The van der Waals surface area contributed by atoms with Gasteiger partial charge < -0.3 is 9.84 Å². The van der Waals surface area contributed by atoms with E-state index in [1.165, 1.54) is 17.8 Å². The summed E-state index contributed by atoms with van der Waals surface area (Å²) in [6, 6.07) is 26.6. The van der Waals surface area contributed by atoms with E-state index in [9.17, 15) is 15.2 Å². The molecule has 0 aliphatic heterocycles. The summed E-state index contributed by atoms with van der Waals surface area (Å²) < 4.78 is 5.27. The van der Waals surface area contributed by atoms with Gasteiger partial charge in [-0.05, 0) is 41.5 Å². The highest BCUT2D eigenvalue weighted by molar-refractivity contribution is 7.98. The molecule has 162 valence electrons. The summed E-state index contributed by atoms with van der Waals surface area (Å²) in [5.41, 5.74) is 4.96. The average molecular weight is 453 g/mol. The van der Waals surface area contributed by atoms with Gasteiger partial charge >= 0.3 is 0 Å². The zero-order valence-electron chi connectivity index (χ0n) is 17.9. The highest BCUT2D eigenvalue weighted by Gasteiger charge is 2.16. The van der Waals surface area contributed by atoms with Crippen molar-refractivity contribution in [3.05, 3.63) is 95.6 Å². The second kappa shape index (κ2) is 10.0. The molecule has 6 heteroatoms. The van der Waals surface area contributed by atoms with E-state index in [4.69, 9.17) is 9.72 Å². The Morgan fingerprint density at radius 1 is 1.03 bits per heavy atom. The van der Waals surface area contributed by atoms with E-state index in [-0.39, 0.29) is 11.3 Å². The minimum atomic E-state index is -0.0533. The van der Waals surface area contributed by atoms with Gasteiger partial charge in [0.1, 0.15) is 22.6 Å². The number of nitrogens with zero attached hydrogens (tertiary/aromatic N) is 2. The van der Waals surface area contributed by atoms with Crippen LogP contribution in [0.4, 0.5) is 0 Å². The molecule has 3 aromatic carbocycles. The van der Waals surface area contributed by atoms with Gasteiger partial charge in [-0.25, -0.2) is 4.98 Å². The number of hydrogen-bond acceptors (Lipinski definition) is 6. The molecule has 0 saturated carbocycles. The van der Waals surface area contributed by atoms with Crippen molar-refractivity contribution in [2.45, 2.75) is 10.8 Å². The van der Waals surface area contributed by atoms with Crippen LogP contribution in [-0.4, -0.2) is 23.5 Å². The third-order valence-electron chi connectivity index (χ3n) is 5.16. The van der Waals surface area contributed by atoms with Crippen LogP contribution < -0.4 is 4.74 Å². The van der Waals surface area contributed by atoms with Crippen molar-refractivity contribution in [1.29, 1.82) is 5.26 Å². The molecule has 0 saturated heterocycles. The fraction of sp³-hybridized carbons (Fsp3) is 0.0741. The maximum Gasteiger partial charge on any atom is 0.153 e. The zero-order valence-corrected chi connectivity index (χ0v) is 18.7. The highest BCUT2D eigenvalue weighted by atomic mass is 32.2. The summed E-state index contributed by atoms with van der Waals surface area (Å²) in [5.74, 6) is 1.17. The fourth-order valence-corrected chi connectivity index (χ4v) is 4.37. The summed E-state index contributed by atoms with van der Waals surface area (Å²) >= 11 is 1.42. The first-order valence-corrected chi connectivity index (χ1v) is 11.2. The van der Waals surface area contributed by atoms with Crippen molar-refractivity contribution in [3.8, 4) is 40.0 Å². The van der Waals surface area contributed by atoms with Gasteiger partial charge in [0.2, 0.25) is 0 Å². The van der Waals surface area contributed by atoms with Gasteiger partial charge in [-0.2, -0.15) is 5.26 Å². The van der Waals surface area contributed by atoms with Gasteiger partial charge in [0.25, 0.3) is 0 Å². The zero-order chi connectivity index (χ0) is 23.2. The van der Waals surface area contributed by atoms with Crippen molar-refractivity contribution in [2.24, 2.45) is 0 Å². The number of hydrogen-bond donors (Lipinski definition) is 1. The van der Waals surface area contributed by atoms with Gasteiger partial charge in [-0.15, -0.1) is 11.8 Å². The number of rotatable bonds is 7. The molecule has 4 rings (SSSR count). The number of aldehydes is 1. The lowest BCUT2D eigenvalue weighted by Gasteiger charge is -2.13. The van der Waals surface area contributed by atoms with Crippen LogP contribution in [0.5, 0.6) is 11.5 Å². The van der Waals surface area contributed by atoms with Crippen molar-refractivity contribution < 1.29 is 14.6 Å². The maximum atomic E-state index is 11.2.